The van der Waals surface area contributed by atoms with Crippen LogP contribution in [0.3, 0.4) is 0 Å². The quantitative estimate of drug-likeness (QED) is 0.739. The molecule has 124 valence electrons. The summed E-state index contributed by atoms with van der Waals surface area (Å²) in [4.78, 5) is 28.2. The summed E-state index contributed by atoms with van der Waals surface area (Å²) in [7, 11) is 0. The van der Waals surface area contributed by atoms with Gasteiger partial charge in [-0.25, -0.2) is 9.97 Å². The van der Waals surface area contributed by atoms with Crippen molar-refractivity contribution in [2.75, 3.05) is 5.32 Å². The molecule has 0 saturated carbocycles. The van der Waals surface area contributed by atoms with Crippen molar-refractivity contribution in [1.82, 2.24) is 19.9 Å². The maximum atomic E-state index is 11.4. The van der Waals surface area contributed by atoms with Gasteiger partial charge in [-0.05, 0) is 38.3 Å². The zero-order valence-electron chi connectivity index (χ0n) is 13.8. The first-order valence-corrected chi connectivity index (χ1v) is 8.23. The summed E-state index contributed by atoms with van der Waals surface area (Å²) < 4.78 is 0. The van der Waals surface area contributed by atoms with Gasteiger partial charge in [-0.1, -0.05) is 19.8 Å². The van der Waals surface area contributed by atoms with Gasteiger partial charge in [0.2, 0.25) is 5.28 Å². The highest BCUT2D eigenvalue weighted by atomic mass is 35.5. The van der Waals surface area contributed by atoms with Crippen molar-refractivity contribution in [2.45, 2.75) is 58.4 Å². The molecule has 0 radical (unpaired) electrons. The monoisotopic (exact) mass is 335 g/mol. The molecule has 0 aliphatic rings. The standard InChI is InChI=1S/C16H22ClN5O/c1-4-5-7-16(3,8-6-11(2)23)22-14-12-13(19-10-9-18-12)20-15(17)21-14/h9-10H,4-8H2,1-3H3,(H,19,20,21,22)/t16-/m1/s1. The predicted molar refractivity (Wildman–Crippen MR) is 91.6 cm³/mol. The van der Waals surface area contributed by atoms with Crippen LogP contribution in [0, 0.1) is 0 Å². The summed E-state index contributed by atoms with van der Waals surface area (Å²) in [6, 6.07) is 0. The summed E-state index contributed by atoms with van der Waals surface area (Å²) in [5.41, 5.74) is 0.783. The minimum absolute atomic E-state index is 0.130. The fourth-order valence-electron chi connectivity index (χ4n) is 2.48. The fourth-order valence-corrected chi connectivity index (χ4v) is 2.64. The second-order valence-corrected chi connectivity index (χ2v) is 6.40. The molecule has 0 saturated heterocycles. The second-order valence-electron chi connectivity index (χ2n) is 6.06. The molecule has 6 nitrogen and oxygen atoms in total. The first-order valence-electron chi connectivity index (χ1n) is 7.85. The number of hydrogen-bond acceptors (Lipinski definition) is 6. The summed E-state index contributed by atoms with van der Waals surface area (Å²) in [6.45, 7) is 5.86. The zero-order valence-corrected chi connectivity index (χ0v) is 14.5. The van der Waals surface area contributed by atoms with E-state index in [2.05, 4.69) is 39.1 Å². The lowest BCUT2D eigenvalue weighted by Crippen LogP contribution is -2.36. The van der Waals surface area contributed by atoms with Gasteiger partial charge in [0.15, 0.2) is 17.0 Å². The van der Waals surface area contributed by atoms with Crippen LogP contribution in [0.5, 0.6) is 0 Å². The van der Waals surface area contributed by atoms with Gasteiger partial charge >= 0.3 is 0 Å². The normalized spacial score (nSPS) is 13.7. The number of carbonyl (C=O) groups excluding carboxylic acids is 1. The van der Waals surface area contributed by atoms with Crippen LogP contribution in [0.15, 0.2) is 12.4 Å². The van der Waals surface area contributed by atoms with Crippen LogP contribution in [0.1, 0.15) is 52.9 Å². The van der Waals surface area contributed by atoms with E-state index in [4.69, 9.17) is 11.6 Å². The van der Waals surface area contributed by atoms with Crippen LogP contribution >= 0.6 is 11.6 Å². The van der Waals surface area contributed by atoms with Crippen molar-refractivity contribution in [3.8, 4) is 0 Å². The smallest absolute Gasteiger partial charge is 0.226 e. The Morgan fingerprint density at radius 3 is 2.70 bits per heavy atom. The summed E-state index contributed by atoms with van der Waals surface area (Å²) in [5.74, 6) is 0.746. The first-order chi connectivity index (χ1) is 10.9. The number of nitrogens with one attached hydrogen (secondary N) is 1. The molecule has 0 spiro atoms. The molecule has 2 heterocycles. The van der Waals surface area contributed by atoms with Gasteiger partial charge in [0.25, 0.3) is 0 Å². The topological polar surface area (TPSA) is 80.7 Å². The lowest BCUT2D eigenvalue weighted by molar-refractivity contribution is -0.117. The third-order valence-corrected chi connectivity index (χ3v) is 4.01. The summed E-state index contributed by atoms with van der Waals surface area (Å²) in [5, 5.41) is 3.57. The number of Topliss-reactive ketones (excluding diaryl/α,β-unsaturated/α-hetero) is 1. The molecule has 0 aliphatic carbocycles. The van der Waals surface area contributed by atoms with Gasteiger partial charge in [-0.2, -0.15) is 9.97 Å². The number of hydrogen-bond donors (Lipinski definition) is 1. The Bertz CT molecular complexity index is 693. The van der Waals surface area contributed by atoms with E-state index in [0.29, 0.717) is 23.4 Å². The molecule has 7 heteroatoms. The molecule has 1 N–H and O–H groups in total. The van der Waals surface area contributed by atoms with Crippen molar-refractivity contribution in [3.05, 3.63) is 17.7 Å². The Morgan fingerprint density at radius 1 is 1.26 bits per heavy atom. The second kappa shape index (κ2) is 7.64. The molecule has 0 amide bonds. The van der Waals surface area contributed by atoms with Crippen molar-refractivity contribution in [2.24, 2.45) is 0 Å². The maximum Gasteiger partial charge on any atom is 0.226 e. The number of anilines is 1. The molecule has 2 aromatic rings. The summed E-state index contributed by atoms with van der Waals surface area (Å²) >= 11 is 6.00. The molecule has 0 fully saturated rings. The highest BCUT2D eigenvalue weighted by Gasteiger charge is 2.26. The van der Waals surface area contributed by atoms with Crippen LogP contribution < -0.4 is 5.32 Å². The molecule has 2 aromatic heterocycles. The summed E-state index contributed by atoms with van der Waals surface area (Å²) in [6.07, 6.45) is 7.50. The number of carbonyl (C=O) groups is 1. The van der Waals surface area contributed by atoms with E-state index in [1.54, 1.807) is 19.3 Å². The van der Waals surface area contributed by atoms with E-state index in [1.165, 1.54) is 0 Å². The Morgan fingerprint density at radius 2 is 2.00 bits per heavy atom. The molecule has 0 aliphatic heterocycles. The fraction of sp³-hybridized carbons (Fsp3) is 0.562. The van der Waals surface area contributed by atoms with E-state index in [-0.39, 0.29) is 16.6 Å². The molecule has 1 atom stereocenters. The number of halogens is 1. The molecular weight excluding hydrogens is 314 g/mol. The van der Waals surface area contributed by atoms with Crippen LogP contribution in [0.4, 0.5) is 5.82 Å². The number of rotatable bonds is 8. The Balaban J connectivity index is 2.33. The van der Waals surface area contributed by atoms with Crippen molar-refractivity contribution in [3.63, 3.8) is 0 Å². The largest absolute Gasteiger partial charge is 0.363 e. The van der Waals surface area contributed by atoms with Gasteiger partial charge in [-0.3, -0.25) is 0 Å². The average Bonchev–Trinajstić information content (AvgIpc) is 2.51. The van der Waals surface area contributed by atoms with Gasteiger partial charge in [0.1, 0.15) is 5.78 Å². The lowest BCUT2D eigenvalue weighted by Gasteiger charge is -2.31. The SMILES string of the molecule is CCCC[C@](C)(CCC(C)=O)Nc1nc(Cl)nc2nccnc12. The van der Waals surface area contributed by atoms with Gasteiger partial charge in [-0.15, -0.1) is 0 Å². The third kappa shape index (κ3) is 4.82. The Hall–Kier alpha value is -1.82. The minimum atomic E-state index is -0.260. The molecule has 0 unspecified atom stereocenters. The van der Waals surface area contributed by atoms with Crippen molar-refractivity contribution in [1.29, 1.82) is 0 Å². The number of ketones is 1. The van der Waals surface area contributed by atoms with Crippen LogP contribution in [-0.2, 0) is 4.79 Å². The molecule has 0 bridgehead atoms. The van der Waals surface area contributed by atoms with Crippen molar-refractivity contribution < 1.29 is 4.79 Å². The number of fused-ring (bicyclic) bond motifs is 1. The molecular formula is C16H22ClN5O. The third-order valence-electron chi connectivity index (χ3n) is 3.84. The maximum absolute atomic E-state index is 11.4. The first kappa shape index (κ1) is 17.5. The number of aromatic nitrogens is 4. The van der Waals surface area contributed by atoms with Crippen LogP contribution in [-0.4, -0.2) is 31.3 Å². The number of unbranched alkanes of at least 4 members (excludes halogenated alkanes) is 1. The average molecular weight is 336 g/mol. The van der Waals surface area contributed by atoms with Gasteiger partial charge < -0.3 is 10.1 Å². The predicted octanol–water partition coefficient (Wildman–Crippen LogP) is 3.80. The van der Waals surface area contributed by atoms with E-state index in [0.717, 1.165) is 25.7 Å². The van der Waals surface area contributed by atoms with Crippen molar-refractivity contribution >= 4 is 34.4 Å². The highest BCUT2D eigenvalue weighted by molar-refractivity contribution is 6.28. The highest BCUT2D eigenvalue weighted by Crippen LogP contribution is 2.28. The van der Waals surface area contributed by atoms with Crippen LogP contribution in [0.25, 0.3) is 11.2 Å². The zero-order chi connectivity index (χ0) is 16.9. The molecule has 0 aromatic carbocycles. The Kier molecular flexibility index (Phi) is 5.82. The Labute approximate surface area is 141 Å². The van der Waals surface area contributed by atoms with E-state index >= 15 is 0 Å². The van der Waals surface area contributed by atoms with Gasteiger partial charge in [0, 0.05) is 24.4 Å². The molecule has 2 rings (SSSR count). The van der Waals surface area contributed by atoms with E-state index < -0.39 is 0 Å². The molecule has 23 heavy (non-hydrogen) atoms. The number of nitrogens with zero attached hydrogens (tertiary/aromatic N) is 4. The van der Waals surface area contributed by atoms with E-state index in [9.17, 15) is 4.79 Å². The van der Waals surface area contributed by atoms with Crippen LogP contribution in [0.2, 0.25) is 5.28 Å². The van der Waals surface area contributed by atoms with E-state index in [1.807, 2.05) is 0 Å². The lowest BCUT2D eigenvalue weighted by atomic mass is 9.89. The van der Waals surface area contributed by atoms with Gasteiger partial charge in [0.05, 0.1) is 0 Å². The minimum Gasteiger partial charge on any atom is -0.363 e.